The van der Waals surface area contributed by atoms with Gasteiger partial charge in [0.2, 0.25) is 5.91 Å². The summed E-state index contributed by atoms with van der Waals surface area (Å²) >= 11 is 7.11. The van der Waals surface area contributed by atoms with Gasteiger partial charge in [-0.3, -0.25) is 4.79 Å². The molecule has 6 heteroatoms. The largest absolute Gasteiger partial charge is 0.478 e. The zero-order chi connectivity index (χ0) is 15.6. The molecule has 110 valence electrons. The summed E-state index contributed by atoms with van der Waals surface area (Å²) in [6.07, 6.45) is 0.213. The number of benzene rings is 1. The number of halogens is 1. The Morgan fingerprint density at radius 2 is 1.90 bits per heavy atom. The molecule has 1 aromatic carbocycles. The number of rotatable bonds is 4. The van der Waals surface area contributed by atoms with Gasteiger partial charge < -0.3 is 10.0 Å². The summed E-state index contributed by atoms with van der Waals surface area (Å²) in [5.41, 5.74) is 1.46. The van der Waals surface area contributed by atoms with Crippen molar-refractivity contribution in [3.63, 3.8) is 0 Å². The quantitative estimate of drug-likeness (QED) is 0.935. The number of hydrogen-bond donors (Lipinski definition) is 1. The van der Waals surface area contributed by atoms with Crippen molar-refractivity contribution in [3.8, 4) is 0 Å². The third-order valence-corrected chi connectivity index (χ3v) is 4.83. The van der Waals surface area contributed by atoms with Crippen molar-refractivity contribution >= 4 is 39.8 Å². The normalized spacial score (nSPS) is 10.4. The summed E-state index contributed by atoms with van der Waals surface area (Å²) in [5.74, 6) is -1.26. The average molecular weight is 324 g/mol. The zero-order valence-corrected chi connectivity index (χ0v) is 13.2. The minimum atomic E-state index is -1.08. The molecule has 0 saturated carbocycles. The number of thiophene rings is 1. The van der Waals surface area contributed by atoms with Crippen molar-refractivity contribution in [2.75, 3.05) is 11.9 Å². The number of carbonyl (C=O) groups excluding carboxylic acids is 1. The van der Waals surface area contributed by atoms with Crippen LogP contribution in [-0.2, 0) is 11.2 Å². The minimum absolute atomic E-state index is 0.0916. The van der Waals surface area contributed by atoms with Gasteiger partial charge in [-0.2, -0.15) is 0 Å². The van der Waals surface area contributed by atoms with Crippen LogP contribution in [0.15, 0.2) is 30.3 Å². The Balaban J connectivity index is 2.28. The predicted octanol–water partition coefficient (Wildman–Crippen LogP) is 3.61. The molecule has 4 nitrogen and oxygen atoms in total. The molecule has 0 saturated heterocycles. The highest BCUT2D eigenvalue weighted by molar-refractivity contribution is 7.20. The number of nitrogens with zero attached hydrogens (tertiary/aromatic N) is 1. The van der Waals surface area contributed by atoms with Gasteiger partial charge in [0.25, 0.3) is 0 Å². The van der Waals surface area contributed by atoms with E-state index in [0.29, 0.717) is 14.9 Å². The zero-order valence-electron chi connectivity index (χ0n) is 11.6. The molecular weight excluding hydrogens is 310 g/mol. The van der Waals surface area contributed by atoms with Crippen LogP contribution in [0.2, 0.25) is 4.34 Å². The SMILES string of the molecule is Cc1c(Cl)sc(N(C)C(=O)Cc2ccccc2)c1C(=O)O. The van der Waals surface area contributed by atoms with Crippen LogP contribution in [0.25, 0.3) is 0 Å². The molecule has 0 aliphatic carbocycles. The molecule has 2 rings (SSSR count). The van der Waals surface area contributed by atoms with E-state index in [0.717, 1.165) is 16.9 Å². The minimum Gasteiger partial charge on any atom is -0.478 e. The van der Waals surface area contributed by atoms with Crippen LogP contribution in [-0.4, -0.2) is 24.0 Å². The van der Waals surface area contributed by atoms with E-state index < -0.39 is 5.97 Å². The lowest BCUT2D eigenvalue weighted by molar-refractivity contribution is -0.117. The van der Waals surface area contributed by atoms with Crippen LogP contribution in [0, 0.1) is 6.92 Å². The van der Waals surface area contributed by atoms with Crippen LogP contribution < -0.4 is 4.90 Å². The van der Waals surface area contributed by atoms with E-state index in [4.69, 9.17) is 11.6 Å². The predicted molar refractivity (Wildman–Crippen MR) is 84.6 cm³/mol. The van der Waals surface area contributed by atoms with Gasteiger partial charge in [0.15, 0.2) is 0 Å². The van der Waals surface area contributed by atoms with Crippen LogP contribution in [0.3, 0.4) is 0 Å². The van der Waals surface area contributed by atoms with Crippen LogP contribution >= 0.6 is 22.9 Å². The van der Waals surface area contributed by atoms with Crippen molar-refractivity contribution in [2.24, 2.45) is 0 Å². The Morgan fingerprint density at radius 1 is 1.29 bits per heavy atom. The molecule has 1 N–H and O–H groups in total. The van der Waals surface area contributed by atoms with Gasteiger partial charge in [0, 0.05) is 7.05 Å². The van der Waals surface area contributed by atoms with Gasteiger partial charge in [-0.15, -0.1) is 11.3 Å². The summed E-state index contributed by atoms with van der Waals surface area (Å²) in [7, 11) is 1.57. The number of likely N-dealkylation sites (N-methyl/N-ethyl adjacent to an activating group) is 1. The highest BCUT2D eigenvalue weighted by Gasteiger charge is 2.25. The van der Waals surface area contributed by atoms with Crippen molar-refractivity contribution in [3.05, 3.63) is 51.4 Å². The Labute approximate surface area is 131 Å². The third-order valence-electron chi connectivity index (χ3n) is 3.16. The lowest BCUT2D eigenvalue weighted by Gasteiger charge is -2.16. The smallest absolute Gasteiger partial charge is 0.339 e. The van der Waals surface area contributed by atoms with Gasteiger partial charge in [0.1, 0.15) is 5.00 Å². The molecule has 0 atom stereocenters. The van der Waals surface area contributed by atoms with Gasteiger partial charge in [-0.05, 0) is 18.1 Å². The fourth-order valence-corrected chi connectivity index (χ4v) is 3.28. The van der Waals surface area contributed by atoms with E-state index in [9.17, 15) is 14.7 Å². The topological polar surface area (TPSA) is 57.6 Å². The number of carboxylic acid groups (broad SMARTS) is 1. The van der Waals surface area contributed by atoms with Crippen molar-refractivity contribution in [2.45, 2.75) is 13.3 Å². The number of carbonyl (C=O) groups is 2. The molecule has 0 fully saturated rings. The second-order valence-corrected chi connectivity index (χ2v) is 6.20. The molecule has 0 radical (unpaired) electrons. The van der Waals surface area contributed by atoms with E-state index >= 15 is 0 Å². The van der Waals surface area contributed by atoms with Gasteiger partial charge in [0.05, 0.1) is 16.3 Å². The number of anilines is 1. The van der Waals surface area contributed by atoms with E-state index in [-0.39, 0.29) is 17.9 Å². The van der Waals surface area contributed by atoms with Crippen molar-refractivity contribution < 1.29 is 14.7 Å². The number of carboxylic acids is 1. The first-order valence-electron chi connectivity index (χ1n) is 6.24. The maximum atomic E-state index is 12.3. The Kier molecular flexibility index (Phi) is 4.65. The van der Waals surface area contributed by atoms with E-state index in [1.807, 2.05) is 30.3 Å². The Hall–Kier alpha value is -1.85. The molecule has 0 aliphatic rings. The summed E-state index contributed by atoms with van der Waals surface area (Å²) in [5, 5.41) is 9.66. The number of aromatic carboxylic acids is 1. The summed E-state index contributed by atoms with van der Waals surface area (Å²) in [4.78, 5) is 25.0. The Morgan fingerprint density at radius 3 is 2.48 bits per heavy atom. The lowest BCUT2D eigenvalue weighted by Crippen LogP contribution is -2.28. The number of amides is 1. The van der Waals surface area contributed by atoms with Gasteiger partial charge in [-0.1, -0.05) is 41.9 Å². The van der Waals surface area contributed by atoms with Crippen LogP contribution in [0.1, 0.15) is 21.5 Å². The van der Waals surface area contributed by atoms with Crippen LogP contribution in [0.5, 0.6) is 0 Å². The second-order valence-electron chi connectivity index (χ2n) is 4.60. The standard InChI is InChI=1S/C15H14ClNO3S/c1-9-12(15(19)20)14(21-13(9)16)17(2)11(18)8-10-6-4-3-5-7-10/h3-7H,8H2,1-2H3,(H,19,20). The molecule has 1 amide bonds. The molecule has 1 heterocycles. The van der Waals surface area contributed by atoms with Crippen molar-refractivity contribution in [1.82, 2.24) is 0 Å². The molecular formula is C15H14ClNO3S. The maximum absolute atomic E-state index is 12.3. The van der Waals surface area contributed by atoms with E-state index in [1.54, 1.807) is 14.0 Å². The monoisotopic (exact) mass is 323 g/mol. The molecule has 0 aliphatic heterocycles. The fraction of sp³-hybridized carbons (Fsp3) is 0.200. The van der Waals surface area contributed by atoms with Gasteiger partial charge in [-0.25, -0.2) is 4.79 Å². The Bertz CT molecular complexity index is 682. The summed E-state index contributed by atoms with van der Waals surface area (Å²) in [6, 6.07) is 9.31. The van der Waals surface area contributed by atoms with Crippen LogP contribution in [0.4, 0.5) is 5.00 Å². The number of hydrogen-bond acceptors (Lipinski definition) is 3. The highest BCUT2D eigenvalue weighted by Crippen LogP contribution is 2.38. The van der Waals surface area contributed by atoms with Crippen molar-refractivity contribution in [1.29, 1.82) is 0 Å². The lowest BCUT2D eigenvalue weighted by atomic mass is 10.1. The fourth-order valence-electron chi connectivity index (χ4n) is 1.96. The summed E-state index contributed by atoms with van der Waals surface area (Å²) < 4.78 is 0.391. The molecule has 0 bridgehead atoms. The maximum Gasteiger partial charge on any atom is 0.339 e. The van der Waals surface area contributed by atoms with E-state index in [1.165, 1.54) is 4.90 Å². The molecule has 1 aromatic heterocycles. The molecule has 21 heavy (non-hydrogen) atoms. The second kappa shape index (κ2) is 6.28. The highest BCUT2D eigenvalue weighted by atomic mass is 35.5. The average Bonchev–Trinajstić information content (AvgIpc) is 2.75. The third kappa shape index (κ3) is 3.25. The first-order valence-corrected chi connectivity index (χ1v) is 7.44. The van der Waals surface area contributed by atoms with E-state index in [2.05, 4.69) is 0 Å². The molecule has 2 aromatic rings. The molecule has 0 unspecified atom stereocenters. The van der Waals surface area contributed by atoms with Gasteiger partial charge >= 0.3 is 5.97 Å². The molecule has 0 spiro atoms. The summed E-state index contributed by atoms with van der Waals surface area (Å²) in [6.45, 7) is 1.64. The first kappa shape index (κ1) is 15.5. The first-order chi connectivity index (χ1) is 9.91.